The quantitative estimate of drug-likeness (QED) is 0.297. The monoisotopic (exact) mass is 448 g/mol. The number of unbranched alkanes of at least 4 members (excludes halogenated alkanes) is 3. The Labute approximate surface area is 194 Å². The topological polar surface area (TPSA) is 72.8 Å². The Morgan fingerprint density at radius 3 is 1.62 bits per heavy atom. The summed E-state index contributed by atoms with van der Waals surface area (Å²) in [7, 11) is 0. The van der Waals surface area contributed by atoms with E-state index in [2.05, 4.69) is 41.5 Å². The molecule has 0 fully saturated rings. The highest BCUT2D eigenvalue weighted by atomic mass is 16.5. The van der Waals surface area contributed by atoms with Gasteiger partial charge in [0, 0.05) is 12.8 Å². The molecule has 0 saturated carbocycles. The van der Waals surface area contributed by atoms with E-state index in [4.69, 9.17) is 9.47 Å². The van der Waals surface area contributed by atoms with Gasteiger partial charge in [-0.25, -0.2) is 0 Å². The Morgan fingerprint density at radius 2 is 1.22 bits per heavy atom. The molecule has 1 rings (SSSR count). The first kappa shape index (κ1) is 28.0. The van der Waals surface area contributed by atoms with Crippen molar-refractivity contribution in [1.82, 2.24) is 0 Å². The molecular weight excluding hydrogens is 404 g/mol. The smallest absolute Gasteiger partial charge is 0.306 e. The molecule has 0 spiro atoms. The van der Waals surface area contributed by atoms with Gasteiger partial charge < -0.3 is 14.6 Å². The van der Waals surface area contributed by atoms with Crippen molar-refractivity contribution in [3.05, 3.63) is 28.8 Å². The third kappa shape index (κ3) is 10.1. The number of hydrogen-bond acceptors (Lipinski definition) is 5. The van der Waals surface area contributed by atoms with Gasteiger partial charge in [0.25, 0.3) is 0 Å². The molecule has 1 N–H and O–H groups in total. The molecule has 0 amide bonds. The highest BCUT2D eigenvalue weighted by Gasteiger charge is 2.26. The first-order chi connectivity index (χ1) is 14.9. The average Bonchev–Trinajstić information content (AvgIpc) is 2.67. The van der Waals surface area contributed by atoms with Crippen LogP contribution in [0.25, 0.3) is 0 Å². The van der Waals surface area contributed by atoms with Gasteiger partial charge in [0.1, 0.15) is 5.75 Å². The SMILES string of the molecule is CCCC(=O)OCCCCCCOC(=O)CCc1cc(C(C)(C)C)c(O)c(C(C)(C)C)c1. The first-order valence-electron chi connectivity index (χ1n) is 12.0. The molecule has 0 aliphatic rings. The molecule has 0 atom stereocenters. The van der Waals surface area contributed by atoms with Gasteiger partial charge in [0.2, 0.25) is 0 Å². The van der Waals surface area contributed by atoms with Crippen molar-refractivity contribution in [3.63, 3.8) is 0 Å². The maximum absolute atomic E-state index is 12.2. The average molecular weight is 449 g/mol. The zero-order valence-electron chi connectivity index (χ0n) is 21.3. The van der Waals surface area contributed by atoms with Gasteiger partial charge >= 0.3 is 11.9 Å². The van der Waals surface area contributed by atoms with E-state index in [1.807, 2.05) is 19.1 Å². The van der Waals surface area contributed by atoms with Crippen LogP contribution >= 0.6 is 0 Å². The second-order valence-corrected chi connectivity index (χ2v) is 10.6. The Hall–Kier alpha value is -2.04. The van der Waals surface area contributed by atoms with Crippen molar-refractivity contribution in [2.24, 2.45) is 0 Å². The summed E-state index contributed by atoms with van der Waals surface area (Å²) in [6.45, 7) is 15.4. The summed E-state index contributed by atoms with van der Waals surface area (Å²) >= 11 is 0. The molecule has 1 aromatic carbocycles. The predicted molar refractivity (Wildman–Crippen MR) is 129 cm³/mol. The minimum atomic E-state index is -0.193. The van der Waals surface area contributed by atoms with Crippen molar-refractivity contribution in [2.45, 2.75) is 111 Å². The highest BCUT2D eigenvalue weighted by Crippen LogP contribution is 2.40. The lowest BCUT2D eigenvalue weighted by atomic mass is 9.78. The van der Waals surface area contributed by atoms with Gasteiger partial charge in [0.15, 0.2) is 0 Å². The van der Waals surface area contributed by atoms with E-state index in [9.17, 15) is 14.7 Å². The molecule has 0 saturated heterocycles. The molecule has 0 radical (unpaired) electrons. The minimum absolute atomic E-state index is 0.126. The van der Waals surface area contributed by atoms with Gasteiger partial charge in [-0.3, -0.25) is 9.59 Å². The summed E-state index contributed by atoms with van der Waals surface area (Å²) in [5, 5.41) is 10.8. The van der Waals surface area contributed by atoms with Crippen LogP contribution in [-0.4, -0.2) is 30.3 Å². The predicted octanol–water partition coefficient (Wildman–Crippen LogP) is 6.37. The van der Waals surface area contributed by atoms with Crippen LogP contribution in [0.3, 0.4) is 0 Å². The standard InChI is InChI=1S/C27H44O5/c1-8-13-23(28)31-16-11-9-10-12-17-32-24(29)15-14-20-18-21(26(2,3)4)25(30)22(19-20)27(5,6)7/h18-19,30H,8-17H2,1-7H3. The molecule has 182 valence electrons. The van der Waals surface area contributed by atoms with Gasteiger partial charge in [0.05, 0.1) is 13.2 Å². The lowest BCUT2D eigenvalue weighted by Gasteiger charge is -2.28. The number of aryl methyl sites for hydroxylation is 1. The number of hydrogen-bond donors (Lipinski definition) is 1. The van der Waals surface area contributed by atoms with Crippen LogP contribution in [0.15, 0.2) is 12.1 Å². The van der Waals surface area contributed by atoms with E-state index in [-0.39, 0.29) is 22.8 Å². The first-order valence-corrected chi connectivity index (χ1v) is 12.0. The van der Waals surface area contributed by atoms with Crippen molar-refractivity contribution in [2.75, 3.05) is 13.2 Å². The summed E-state index contributed by atoms with van der Waals surface area (Å²) in [5.41, 5.74) is 2.50. The third-order valence-corrected chi connectivity index (χ3v) is 5.42. The molecule has 0 unspecified atom stereocenters. The van der Waals surface area contributed by atoms with E-state index < -0.39 is 0 Å². The van der Waals surface area contributed by atoms with E-state index >= 15 is 0 Å². The van der Waals surface area contributed by atoms with Crippen LogP contribution in [0.4, 0.5) is 0 Å². The van der Waals surface area contributed by atoms with E-state index in [1.54, 1.807) is 0 Å². The van der Waals surface area contributed by atoms with E-state index in [0.717, 1.165) is 48.8 Å². The van der Waals surface area contributed by atoms with Crippen LogP contribution in [0.2, 0.25) is 0 Å². The van der Waals surface area contributed by atoms with E-state index in [1.165, 1.54) is 0 Å². The van der Waals surface area contributed by atoms with Gasteiger partial charge in [-0.2, -0.15) is 0 Å². The van der Waals surface area contributed by atoms with Crippen LogP contribution in [-0.2, 0) is 36.3 Å². The molecule has 32 heavy (non-hydrogen) atoms. The van der Waals surface area contributed by atoms with Crippen LogP contribution in [0.1, 0.15) is 110 Å². The summed E-state index contributed by atoms with van der Waals surface area (Å²) in [4.78, 5) is 23.5. The lowest BCUT2D eigenvalue weighted by Crippen LogP contribution is -2.18. The fourth-order valence-electron chi connectivity index (χ4n) is 3.51. The molecule has 0 heterocycles. The Kier molecular flexibility index (Phi) is 11.2. The number of rotatable bonds is 12. The fourth-order valence-corrected chi connectivity index (χ4v) is 3.51. The van der Waals surface area contributed by atoms with Crippen molar-refractivity contribution >= 4 is 11.9 Å². The Balaban J connectivity index is 2.44. The summed E-state index contributed by atoms with van der Waals surface area (Å²) in [6, 6.07) is 4.04. The van der Waals surface area contributed by atoms with Gasteiger partial charge in [-0.05, 0) is 66.0 Å². The number of ether oxygens (including phenoxy) is 2. The number of phenolic OH excluding ortho intramolecular Hbond substituents is 1. The molecule has 1 aromatic rings. The fraction of sp³-hybridized carbons (Fsp3) is 0.704. The maximum Gasteiger partial charge on any atom is 0.306 e. The molecule has 0 bridgehead atoms. The summed E-state index contributed by atoms with van der Waals surface area (Å²) in [6.07, 6.45) is 5.77. The Bertz CT molecular complexity index is 702. The van der Waals surface area contributed by atoms with Crippen molar-refractivity contribution in [3.8, 4) is 5.75 Å². The van der Waals surface area contributed by atoms with Crippen LogP contribution < -0.4 is 0 Å². The number of carbonyl (C=O) groups excluding carboxylic acids is 2. The number of phenols is 1. The second kappa shape index (κ2) is 12.9. The number of benzene rings is 1. The zero-order chi connectivity index (χ0) is 24.4. The lowest BCUT2D eigenvalue weighted by molar-refractivity contribution is -0.145. The minimum Gasteiger partial charge on any atom is -0.507 e. The number of esters is 2. The number of carbonyl (C=O) groups is 2. The normalized spacial score (nSPS) is 12.0. The third-order valence-electron chi connectivity index (χ3n) is 5.42. The van der Waals surface area contributed by atoms with Crippen molar-refractivity contribution < 1.29 is 24.2 Å². The summed E-state index contributed by atoms with van der Waals surface area (Å²) in [5.74, 6) is 0.0388. The van der Waals surface area contributed by atoms with Crippen molar-refractivity contribution in [1.29, 1.82) is 0 Å². The zero-order valence-corrected chi connectivity index (χ0v) is 21.3. The largest absolute Gasteiger partial charge is 0.507 e. The molecular formula is C27H44O5. The maximum atomic E-state index is 12.2. The molecule has 0 aliphatic carbocycles. The highest BCUT2D eigenvalue weighted by molar-refractivity contribution is 5.70. The van der Waals surface area contributed by atoms with Gasteiger partial charge in [-0.15, -0.1) is 0 Å². The molecule has 5 nitrogen and oxygen atoms in total. The molecule has 0 aliphatic heterocycles. The summed E-state index contributed by atoms with van der Waals surface area (Å²) < 4.78 is 10.5. The van der Waals surface area contributed by atoms with Crippen LogP contribution in [0.5, 0.6) is 5.75 Å². The number of aromatic hydroxyl groups is 1. The molecule has 0 aromatic heterocycles. The Morgan fingerprint density at radius 1 is 0.781 bits per heavy atom. The second-order valence-electron chi connectivity index (χ2n) is 10.6. The van der Waals surface area contributed by atoms with Gasteiger partial charge in [-0.1, -0.05) is 60.6 Å². The van der Waals surface area contributed by atoms with Crippen LogP contribution in [0, 0.1) is 0 Å². The van der Waals surface area contributed by atoms with E-state index in [0.29, 0.717) is 38.2 Å². The molecule has 5 heteroatoms.